The molecular formula is C6H14NOP. The molecule has 0 amide bonds. The van der Waals surface area contributed by atoms with Gasteiger partial charge in [0.1, 0.15) is 0 Å². The normalized spacial score (nSPS) is 30.7. The van der Waals surface area contributed by atoms with Crippen molar-refractivity contribution < 1.29 is 5.11 Å². The first-order valence-corrected chi connectivity index (χ1v) is 3.95. The van der Waals surface area contributed by atoms with Gasteiger partial charge in [-0.05, 0) is 18.8 Å². The van der Waals surface area contributed by atoms with Gasteiger partial charge in [-0.3, -0.25) is 4.67 Å². The van der Waals surface area contributed by atoms with Crippen LogP contribution in [-0.4, -0.2) is 29.5 Å². The third kappa shape index (κ3) is 2.21. The van der Waals surface area contributed by atoms with Crippen LogP contribution in [0.4, 0.5) is 0 Å². The van der Waals surface area contributed by atoms with Crippen molar-refractivity contribution in [1.29, 1.82) is 0 Å². The highest BCUT2D eigenvalue weighted by Gasteiger charge is 2.15. The van der Waals surface area contributed by atoms with Gasteiger partial charge in [-0.25, -0.2) is 0 Å². The van der Waals surface area contributed by atoms with E-state index in [0.29, 0.717) is 12.5 Å². The minimum absolute atomic E-state index is 0.352. The lowest BCUT2D eigenvalue weighted by Crippen LogP contribution is -2.29. The van der Waals surface area contributed by atoms with E-state index in [1.165, 1.54) is 19.4 Å². The highest BCUT2D eigenvalue weighted by molar-refractivity contribution is 7.13. The first-order chi connectivity index (χ1) is 4.33. The predicted molar refractivity (Wildman–Crippen MR) is 41.1 cm³/mol. The van der Waals surface area contributed by atoms with Crippen LogP contribution in [0.5, 0.6) is 0 Å². The minimum atomic E-state index is 0.352. The molecule has 0 saturated carbocycles. The lowest BCUT2D eigenvalue weighted by molar-refractivity contribution is 0.170. The van der Waals surface area contributed by atoms with Gasteiger partial charge in [0.25, 0.3) is 0 Å². The Morgan fingerprint density at radius 2 is 2.44 bits per heavy atom. The van der Waals surface area contributed by atoms with Crippen molar-refractivity contribution in [2.75, 3.05) is 19.7 Å². The summed E-state index contributed by atoms with van der Waals surface area (Å²) in [6, 6.07) is 0. The number of hydrogen-bond acceptors (Lipinski definition) is 2. The smallest absolute Gasteiger partial charge is 0.0471 e. The van der Waals surface area contributed by atoms with E-state index in [0.717, 1.165) is 6.54 Å². The van der Waals surface area contributed by atoms with Gasteiger partial charge >= 0.3 is 0 Å². The van der Waals surface area contributed by atoms with Crippen LogP contribution in [0.2, 0.25) is 0 Å². The standard InChI is InChI=1S/C6H14NOP/c8-5-6-2-1-3-7(9)4-6/h6,8H,1-5,9H2. The van der Waals surface area contributed by atoms with E-state index in [1.54, 1.807) is 0 Å². The lowest BCUT2D eigenvalue weighted by Gasteiger charge is -2.27. The van der Waals surface area contributed by atoms with Crippen LogP contribution in [0.1, 0.15) is 12.8 Å². The molecule has 0 bridgehead atoms. The van der Waals surface area contributed by atoms with E-state index in [1.807, 2.05) is 0 Å². The second-order valence-corrected chi connectivity index (χ2v) is 3.42. The van der Waals surface area contributed by atoms with E-state index in [4.69, 9.17) is 5.11 Å². The third-order valence-electron chi connectivity index (χ3n) is 1.81. The highest BCUT2D eigenvalue weighted by atomic mass is 31.0. The van der Waals surface area contributed by atoms with E-state index in [-0.39, 0.29) is 0 Å². The summed E-state index contributed by atoms with van der Waals surface area (Å²) in [7, 11) is 2.68. The molecule has 1 aliphatic rings. The maximum absolute atomic E-state index is 8.77. The molecule has 9 heavy (non-hydrogen) atoms. The molecule has 1 heterocycles. The molecule has 1 rings (SSSR count). The Morgan fingerprint density at radius 3 is 2.89 bits per heavy atom. The Morgan fingerprint density at radius 1 is 1.67 bits per heavy atom. The van der Waals surface area contributed by atoms with E-state index < -0.39 is 0 Å². The molecule has 0 aromatic rings. The second-order valence-electron chi connectivity index (χ2n) is 2.69. The van der Waals surface area contributed by atoms with Gasteiger partial charge in [0.05, 0.1) is 0 Å². The Labute approximate surface area is 58.5 Å². The summed E-state index contributed by atoms with van der Waals surface area (Å²) in [5.74, 6) is 0.524. The molecule has 1 N–H and O–H groups in total. The third-order valence-corrected chi connectivity index (χ3v) is 2.28. The van der Waals surface area contributed by atoms with Crippen molar-refractivity contribution in [2.45, 2.75) is 12.8 Å². The Kier molecular flexibility index (Phi) is 2.90. The van der Waals surface area contributed by atoms with Crippen molar-refractivity contribution in [2.24, 2.45) is 5.92 Å². The van der Waals surface area contributed by atoms with Crippen molar-refractivity contribution in [3.63, 3.8) is 0 Å². The van der Waals surface area contributed by atoms with Crippen LogP contribution < -0.4 is 0 Å². The fourth-order valence-corrected chi connectivity index (χ4v) is 1.73. The van der Waals surface area contributed by atoms with Gasteiger partial charge in [-0.1, -0.05) is 9.39 Å². The number of nitrogens with zero attached hydrogens (tertiary/aromatic N) is 1. The zero-order chi connectivity index (χ0) is 6.69. The SMILES string of the molecule is OCC1CCCN(P)C1. The maximum atomic E-state index is 8.77. The molecule has 0 aromatic heterocycles. The molecule has 0 radical (unpaired) electrons. The average molecular weight is 147 g/mol. The highest BCUT2D eigenvalue weighted by Crippen LogP contribution is 2.17. The van der Waals surface area contributed by atoms with Crippen molar-refractivity contribution in [3.8, 4) is 0 Å². The predicted octanol–water partition coefficient (Wildman–Crippen LogP) is 0.481. The van der Waals surface area contributed by atoms with Crippen LogP contribution in [-0.2, 0) is 0 Å². The molecule has 1 aliphatic heterocycles. The largest absolute Gasteiger partial charge is 0.396 e. The molecule has 2 unspecified atom stereocenters. The molecule has 1 saturated heterocycles. The van der Waals surface area contributed by atoms with Gasteiger partial charge in [-0.15, -0.1) is 0 Å². The van der Waals surface area contributed by atoms with Gasteiger partial charge in [0, 0.05) is 19.7 Å². The number of aliphatic hydroxyl groups is 1. The summed E-state index contributed by atoms with van der Waals surface area (Å²) in [5.41, 5.74) is 0. The summed E-state index contributed by atoms with van der Waals surface area (Å²) in [4.78, 5) is 0. The van der Waals surface area contributed by atoms with E-state index >= 15 is 0 Å². The molecule has 1 fully saturated rings. The first kappa shape index (κ1) is 7.46. The maximum Gasteiger partial charge on any atom is 0.0471 e. The summed E-state index contributed by atoms with van der Waals surface area (Å²) >= 11 is 0. The average Bonchev–Trinajstić information content (AvgIpc) is 1.88. The van der Waals surface area contributed by atoms with Crippen molar-refractivity contribution >= 4 is 9.39 Å². The monoisotopic (exact) mass is 147 g/mol. The van der Waals surface area contributed by atoms with Crippen LogP contribution in [0.15, 0.2) is 0 Å². The second kappa shape index (κ2) is 3.50. The van der Waals surface area contributed by atoms with Crippen molar-refractivity contribution in [3.05, 3.63) is 0 Å². The van der Waals surface area contributed by atoms with Crippen LogP contribution in [0.3, 0.4) is 0 Å². The summed E-state index contributed by atoms with van der Waals surface area (Å²) in [6.45, 7) is 2.56. The van der Waals surface area contributed by atoms with Gasteiger partial charge < -0.3 is 5.11 Å². The molecule has 3 heteroatoms. The quantitative estimate of drug-likeness (QED) is 0.545. The number of hydrogen-bond donors (Lipinski definition) is 1. The molecule has 0 spiro atoms. The van der Waals surface area contributed by atoms with Gasteiger partial charge in [0.15, 0.2) is 0 Å². The fraction of sp³-hybridized carbons (Fsp3) is 1.00. The molecule has 2 atom stereocenters. The Bertz CT molecular complexity index is 89.1. The number of rotatable bonds is 1. The zero-order valence-corrected chi connectivity index (χ0v) is 6.74. The first-order valence-electron chi connectivity index (χ1n) is 3.43. The summed E-state index contributed by atoms with van der Waals surface area (Å²) < 4.78 is 2.20. The molecule has 0 aromatic carbocycles. The van der Waals surface area contributed by atoms with Gasteiger partial charge in [0.2, 0.25) is 0 Å². The molecule has 2 nitrogen and oxygen atoms in total. The van der Waals surface area contributed by atoms with Crippen LogP contribution in [0.25, 0.3) is 0 Å². The zero-order valence-electron chi connectivity index (χ0n) is 5.58. The number of piperidine rings is 1. The molecule has 0 aliphatic carbocycles. The van der Waals surface area contributed by atoms with Crippen LogP contribution in [0, 0.1) is 5.92 Å². The van der Waals surface area contributed by atoms with E-state index in [2.05, 4.69) is 14.1 Å². The summed E-state index contributed by atoms with van der Waals surface area (Å²) in [6.07, 6.45) is 2.43. The summed E-state index contributed by atoms with van der Waals surface area (Å²) in [5, 5.41) is 8.77. The lowest BCUT2D eigenvalue weighted by atomic mass is 10.0. The fourth-order valence-electron chi connectivity index (χ4n) is 1.25. The molecular weight excluding hydrogens is 133 g/mol. The van der Waals surface area contributed by atoms with E-state index in [9.17, 15) is 0 Å². The molecule has 54 valence electrons. The topological polar surface area (TPSA) is 23.5 Å². The minimum Gasteiger partial charge on any atom is -0.396 e. The van der Waals surface area contributed by atoms with Crippen LogP contribution >= 0.6 is 9.39 Å². The Hall–Kier alpha value is 0.350. The van der Waals surface area contributed by atoms with Gasteiger partial charge in [-0.2, -0.15) is 0 Å². The number of aliphatic hydroxyl groups excluding tert-OH is 1. The van der Waals surface area contributed by atoms with Crippen molar-refractivity contribution in [1.82, 2.24) is 4.67 Å². The Balaban J connectivity index is 2.23.